The van der Waals surface area contributed by atoms with Crippen LogP contribution < -0.4 is 4.74 Å². The van der Waals surface area contributed by atoms with E-state index < -0.39 is 17.5 Å². The molecule has 0 aliphatic rings. The molecule has 0 saturated heterocycles. The van der Waals surface area contributed by atoms with Gasteiger partial charge in [0, 0.05) is 12.1 Å². The maximum absolute atomic E-state index is 14.1. The predicted molar refractivity (Wildman–Crippen MR) is 72.2 cm³/mol. The molecule has 0 atom stereocenters. The van der Waals surface area contributed by atoms with Gasteiger partial charge in [-0.3, -0.25) is 0 Å². The molecule has 2 aromatic rings. The summed E-state index contributed by atoms with van der Waals surface area (Å²) in [6.07, 6.45) is 1.47. The number of hydrogen-bond acceptors (Lipinski definition) is 1. The zero-order valence-corrected chi connectivity index (χ0v) is 10.9. The highest BCUT2D eigenvalue weighted by molar-refractivity contribution is 5.69. The van der Waals surface area contributed by atoms with Crippen LogP contribution in [0, 0.1) is 24.4 Å². The van der Waals surface area contributed by atoms with Gasteiger partial charge < -0.3 is 4.74 Å². The van der Waals surface area contributed by atoms with Crippen molar-refractivity contribution < 1.29 is 17.9 Å². The first-order chi connectivity index (χ1) is 9.52. The van der Waals surface area contributed by atoms with Crippen molar-refractivity contribution in [1.29, 1.82) is 0 Å². The fourth-order valence-corrected chi connectivity index (χ4v) is 1.91. The Hall–Kier alpha value is -2.23. The van der Waals surface area contributed by atoms with Crippen LogP contribution in [0.4, 0.5) is 13.2 Å². The number of halogens is 3. The second kappa shape index (κ2) is 5.82. The Morgan fingerprint density at radius 1 is 1.10 bits per heavy atom. The van der Waals surface area contributed by atoms with Gasteiger partial charge in [0.15, 0.2) is 0 Å². The zero-order chi connectivity index (χ0) is 14.7. The minimum Gasteiger partial charge on any atom is -0.489 e. The van der Waals surface area contributed by atoms with Gasteiger partial charge in [0.1, 0.15) is 29.8 Å². The number of rotatable bonds is 4. The average Bonchev–Trinajstić information content (AvgIpc) is 2.39. The first-order valence-corrected chi connectivity index (χ1v) is 6.02. The number of aryl methyl sites for hydroxylation is 1. The number of benzene rings is 2. The predicted octanol–water partition coefficient (Wildman–Crippen LogP) is 4.64. The summed E-state index contributed by atoms with van der Waals surface area (Å²) in [4.78, 5) is 0. The SMILES string of the molecule is C=CCOc1cc(F)c(-c2cc(F)ccc2C)c(F)c1. The Morgan fingerprint density at radius 2 is 1.75 bits per heavy atom. The lowest BCUT2D eigenvalue weighted by atomic mass is 9.99. The standard InChI is InChI=1S/C16H13F3O/c1-3-6-20-12-8-14(18)16(15(19)9-12)13-7-11(17)5-4-10(13)2/h3-5,7-9H,1,6H2,2H3. The van der Waals surface area contributed by atoms with Crippen molar-refractivity contribution in [2.24, 2.45) is 0 Å². The molecule has 0 radical (unpaired) electrons. The van der Waals surface area contributed by atoms with E-state index in [1.54, 1.807) is 6.92 Å². The third-order valence-corrected chi connectivity index (χ3v) is 2.85. The molecule has 0 aromatic heterocycles. The van der Waals surface area contributed by atoms with E-state index in [4.69, 9.17) is 4.74 Å². The quantitative estimate of drug-likeness (QED) is 0.740. The van der Waals surface area contributed by atoms with Crippen molar-refractivity contribution in [1.82, 2.24) is 0 Å². The van der Waals surface area contributed by atoms with Crippen LogP contribution in [0.15, 0.2) is 43.0 Å². The van der Waals surface area contributed by atoms with Gasteiger partial charge >= 0.3 is 0 Å². The first-order valence-electron chi connectivity index (χ1n) is 6.02. The van der Waals surface area contributed by atoms with E-state index in [0.29, 0.717) is 5.56 Å². The van der Waals surface area contributed by atoms with Gasteiger partial charge in [0.25, 0.3) is 0 Å². The molecule has 1 nitrogen and oxygen atoms in total. The first kappa shape index (κ1) is 14.2. The lowest BCUT2D eigenvalue weighted by Crippen LogP contribution is -1.98. The van der Waals surface area contributed by atoms with Crippen LogP contribution in [0.5, 0.6) is 5.75 Å². The van der Waals surface area contributed by atoms with Gasteiger partial charge in [-0.25, -0.2) is 13.2 Å². The summed E-state index contributed by atoms with van der Waals surface area (Å²) in [5.41, 5.74) is 0.521. The molecule has 4 heteroatoms. The van der Waals surface area contributed by atoms with Crippen LogP contribution in [-0.4, -0.2) is 6.61 Å². The van der Waals surface area contributed by atoms with E-state index in [0.717, 1.165) is 18.2 Å². The van der Waals surface area contributed by atoms with Crippen molar-refractivity contribution in [2.75, 3.05) is 6.61 Å². The lowest BCUT2D eigenvalue weighted by Gasteiger charge is -2.11. The minimum absolute atomic E-state index is 0.0673. The molecule has 2 rings (SSSR count). The van der Waals surface area contributed by atoms with Crippen molar-refractivity contribution in [3.63, 3.8) is 0 Å². The van der Waals surface area contributed by atoms with Crippen LogP contribution in [0.2, 0.25) is 0 Å². The number of hydrogen-bond donors (Lipinski definition) is 0. The zero-order valence-electron chi connectivity index (χ0n) is 10.9. The molecule has 0 aliphatic carbocycles. The highest BCUT2D eigenvalue weighted by Gasteiger charge is 2.16. The van der Waals surface area contributed by atoms with E-state index in [9.17, 15) is 13.2 Å². The maximum atomic E-state index is 14.1. The highest BCUT2D eigenvalue weighted by atomic mass is 19.1. The maximum Gasteiger partial charge on any atom is 0.137 e. The van der Waals surface area contributed by atoms with E-state index in [1.165, 1.54) is 18.2 Å². The molecule has 0 bridgehead atoms. The van der Waals surface area contributed by atoms with Gasteiger partial charge in [0.05, 0.1) is 5.56 Å². The van der Waals surface area contributed by atoms with E-state index in [-0.39, 0.29) is 23.5 Å². The second-order valence-electron chi connectivity index (χ2n) is 4.32. The van der Waals surface area contributed by atoms with Crippen LogP contribution in [0.1, 0.15) is 5.56 Å². The summed E-state index contributed by atoms with van der Waals surface area (Å²) in [5.74, 6) is -2.07. The second-order valence-corrected chi connectivity index (χ2v) is 4.32. The summed E-state index contributed by atoms with van der Waals surface area (Å²) < 4.78 is 46.5. The van der Waals surface area contributed by atoms with Crippen LogP contribution in [0.3, 0.4) is 0 Å². The Bertz CT molecular complexity index is 627. The highest BCUT2D eigenvalue weighted by Crippen LogP contribution is 2.32. The van der Waals surface area contributed by atoms with Gasteiger partial charge in [-0.05, 0) is 30.2 Å². The molecular weight excluding hydrogens is 265 g/mol. The van der Waals surface area contributed by atoms with Crippen LogP contribution in [0.25, 0.3) is 11.1 Å². The summed E-state index contributed by atoms with van der Waals surface area (Å²) in [7, 11) is 0. The average molecular weight is 278 g/mol. The van der Waals surface area contributed by atoms with Gasteiger partial charge in [-0.2, -0.15) is 0 Å². The van der Waals surface area contributed by atoms with Crippen LogP contribution >= 0.6 is 0 Å². The van der Waals surface area contributed by atoms with Gasteiger partial charge in [-0.15, -0.1) is 0 Å². The summed E-state index contributed by atoms with van der Waals surface area (Å²) >= 11 is 0. The molecule has 0 heterocycles. The molecule has 0 N–H and O–H groups in total. The van der Waals surface area contributed by atoms with Crippen molar-refractivity contribution in [3.05, 3.63) is 66.0 Å². The van der Waals surface area contributed by atoms with Gasteiger partial charge in [-0.1, -0.05) is 18.7 Å². The molecule has 0 amide bonds. The number of ether oxygens (including phenoxy) is 1. The topological polar surface area (TPSA) is 9.23 Å². The molecule has 0 aliphatic heterocycles. The lowest BCUT2D eigenvalue weighted by molar-refractivity contribution is 0.358. The van der Waals surface area contributed by atoms with E-state index >= 15 is 0 Å². The summed E-state index contributed by atoms with van der Waals surface area (Å²) in [6, 6.07) is 5.99. The normalized spacial score (nSPS) is 10.4. The van der Waals surface area contributed by atoms with Crippen LogP contribution in [-0.2, 0) is 0 Å². The molecule has 0 spiro atoms. The van der Waals surface area contributed by atoms with Crippen molar-refractivity contribution in [3.8, 4) is 16.9 Å². The fourth-order valence-electron chi connectivity index (χ4n) is 1.91. The molecule has 0 unspecified atom stereocenters. The summed E-state index contributed by atoms with van der Waals surface area (Å²) in [5, 5.41) is 0. The summed E-state index contributed by atoms with van der Waals surface area (Å²) in [6.45, 7) is 5.27. The van der Waals surface area contributed by atoms with Crippen molar-refractivity contribution >= 4 is 0 Å². The molecule has 2 aromatic carbocycles. The minimum atomic E-state index is -0.794. The van der Waals surface area contributed by atoms with Gasteiger partial charge in [0.2, 0.25) is 0 Å². The van der Waals surface area contributed by atoms with E-state index in [2.05, 4.69) is 6.58 Å². The van der Waals surface area contributed by atoms with Crippen molar-refractivity contribution in [2.45, 2.75) is 6.92 Å². The molecule has 20 heavy (non-hydrogen) atoms. The molecular formula is C16H13F3O. The molecule has 0 fully saturated rings. The Labute approximate surface area is 115 Å². The Balaban J connectivity index is 2.52. The smallest absolute Gasteiger partial charge is 0.137 e. The third kappa shape index (κ3) is 2.85. The Kier molecular flexibility index (Phi) is 4.13. The molecule has 104 valence electrons. The largest absolute Gasteiger partial charge is 0.489 e. The monoisotopic (exact) mass is 278 g/mol. The van der Waals surface area contributed by atoms with E-state index in [1.807, 2.05) is 0 Å². The molecule has 0 saturated carbocycles. The third-order valence-electron chi connectivity index (χ3n) is 2.85. The Morgan fingerprint density at radius 3 is 2.35 bits per heavy atom. The fraction of sp³-hybridized carbons (Fsp3) is 0.125.